The van der Waals surface area contributed by atoms with Crippen molar-refractivity contribution in [2.75, 3.05) is 19.6 Å². The molecule has 5 atom stereocenters. The molecule has 5 heteroatoms. The van der Waals surface area contributed by atoms with Gasteiger partial charge in [0.25, 0.3) is 0 Å². The molecule has 0 aromatic carbocycles. The topological polar surface area (TPSA) is 30.9 Å². The second-order valence-corrected chi connectivity index (χ2v) is 10.4. The molecule has 3 fully saturated rings. The molecule has 0 N–H and O–H groups in total. The average molecular weight is 302 g/mol. The van der Waals surface area contributed by atoms with Crippen LogP contribution in [0.15, 0.2) is 12.7 Å². The van der Waals surface area contributed by atoms with Gasteiger partial charge in [0.1, 0.15) is 0 Å². The number of allylic oxidation sites excluding steroid dienone is 1. The average Bonchev–Trinajstić information content (AvgIpc) is 2.11. The van der Waals surface area contributed by atoms with Crippen LogP contribution in [0.2, 0.25) is 5.25 Å². The second kappa shape index (κ2) is 5.40. The molecule has 0 aliphatic carbocycles. The van der Waals surface area contributed by atoms with Gasteiger partial charge in [-0.1, -0.05) is 0 Å². The van der Waals surface area contributed by atoms with E-state index in [-0.39, 0.29) is 18.3 Å². The summed E-state index contributed by atoms with van der Waals surface area (Å²) in [7, 11) is 0. The molecule has 3 aliphatic rings. The fourth-order valence-electron chi connectivity index (χ4n) is 2.75. The van der Waals surface area contributed by atoms with Crippen molar-refractivity contribution in [3.63, 3.8) is 0 Å². The Hall–Kier alpha value is 0.123. The molecule has 0 aromatic heterocycles. The molecular weight excluding hydrogens is 279 g/mol. The number of nitrogens with zero attached hydrogens (tertiary/aromatic N) is 1. The Labute approximate surface area is 107 Å². The van der Waals surface area contributed by atoms with Crippen molar-refractivity contribution in [1.82, 2.24) is 4.90 Å². The molecule has 3 aliphatic heterocycles. The first-order valence-corrected chi connectivity index (χ1v) is 10.4. The molecule has 0 amide bonds. The Bertz CT molecular complexity index is 251. The minimum atomic E-state index is -3.13. The summed E-state index contributed by atoms with van der Waals surface area (Å²) in [6, 6.07) is 0. The van der Waals surface area contributed by atoms with Gasteiger partial charge < -0.3 is 0 Å². The van der Waals surface area contributed by atoms with Gasteiger partial charge in [-0.05, 0) is 0 Å². The van der Waals surface area contributed by atoms with Gasteiger partial charge in [0, 0.05) is 0 Å². The Balaban J connectivity index is 2.25. The van der Waals surface area contributed by atoms with Crippen LogP contribution in [0, 0.1) is 0 Å². The van der Waals surface area contributed by atoms with Crippen molar-refractivity contribution in [2.24, 2.45) is 0 Å². The first-order chi connectivity index (χ1) is 8.03. The molecule has 0 spiro atoms. The predicted molar refractivity (Wildman–Crippen MR) is 68.8 cm³/mol. The van der Waals surface area contributed by atoms with Crippen LogP contribution in [0.3, 0.4) is 0 Å². The molecule has 0 radical (unpaired) electrons. The number of hydrogen-bond acceptors (Lipinski definition) is 4. The van der Waals surface area contributed by atoms with E-state index in [4.69, 9.17) is 11.3 Å². The fourth-order valence-corrected chi connectivity index (χ4v) is 8.78. The van der Waals surface area contributed by atoms with Gasteiger partial charge in [0.05, 0.1) is 0 Å². The molecule has 17 heavy (non-hydrogen) atoms. The van der Waals surface area contributed by atoms with Crippen molar-refractivity contribution in [3.05, 3.63) is 12.7 Å². The number of fused-ring (bicyclic) bond motifs is 6. The second-order valence-electron chi connectivity index (χ2n) is 5.18. The van der Waals surface area contributed by atoms with E-state index in [2.05, 4.69) is 32.3 Å². The molecule has 0 saturated carbocycles. The van der Waals surface area contributed by atoms with Crippen molar-refractivity contribution in [3.8, 4) is 0 Å². The van der Waals surface area contributed by atoms with Crippen LogP contribution in [0.25, 0.3) is 0 Å². The summed E-state index contributed by atoms with van der Waals surface area (Å²) in [6.07, 6.45) is 2.45. The summed E-state index contributed by atoms with van der Waals surface area (Å²) in [6.45, 7) is 13.1. The van der Waals surface area contributed by atoms with E-state index in [1.54, 1.807) is 0 Å². The van der Waals surface area contributed by atoms with Crippen molar-refractivity contribution < 1.29 is 11.3 Å². The van der Waals surface area contributed by atoms with Crippen LogP contribution in [0.4, 0.5) is 0 Å². The van der Waals surface area contributed by atoms with Crippen molar-refractivity contribution >= 4 is 14.3 Å². The van der Waals surface area contributed by atoms with E-state index >= 15 is 0 Å². The SMILES string of the molecule is C=C[CH2][Ge]12[O]C(C)CN(C[C@@H](C)[O]1)C[C@H](C)[O]2. The maximum atomic E-state index is 6.16. The zero-order valence-electron chi connectivity index (χ0n) is 11.0. The maximum absolute atomic E-state index is 6.16. The standard InChI is InChI=1S/C12H23GeNO3/c1-5-6-13-15-10(2)7-14(8-11(3)16-13)9-12(4)17-13/h5,10-12H,1,6-9H2,2-4H3/t10-,11+,12?,13?. The van der Waals surface area contributed by atoms with E-state index in [1.165, 1.54) is 0 Å². The molecule has 3 unspecified atom stereocenters. The molecule has 4 nitrogen and oxygen atoms in total. The van der Waals surface area contributed by atoms with Crippen LogP contribution in [0.1, 0.15) is 20.8 Å². The van der Waals surface area contributed by atoms with Gasteiger partial charge in [-0.15, -0.1) is 0 Å². The molecule has 3 rings (SSSR count). The van der Waals surface area contributed by atoms with Crippen LogP contribution < -0.4 is 0 Å². The van der Waals surface area contributed by atoms with Crippen molar-refractivity contribution in [1.29, 1.82) is 0 Å². The summed E-state index contributed by atoms with van der Waals surface area (Å²) < 4.78 is 18.5. The number of hydrogen-bond donors (Lipinski definition) is 0. The summed E-state index contributed by atoms with van der Waals surface area (Å²) in [5, 5.41) is 0.749. The zero-order valence-corrected chi connectivity index (χ0v) is 13.1. The first kappa shape index (κ1) is 13.6. The van der Waals surface area contributed by atoms with Crippen LogP contribution in [0.5, 0.6) is 0 Å². The minimum absolute atomic E-state index is 0.190. The van der Waals surface area contributed by atoms with E-state index in [1.807, 2.05) is 6.08 Å². The van der Waals surface area contributed by atoms with E-state index < -0.39 is 14.3 Å². The normalized spacial score (nSPS) is 47.0. The van der Waals surface area contributed by atoms with Crippen LogP contribution in [-0.4, -0.2) is 57.1 Å². The van der Waals surface area contributed by atoms with Gasteiger partial charge in [-0.3, -0.25) is 0 Å². The molecular formula is C12H23GeNO3. The van der Waals surface area contributed by atoms with E-state index in [9.17, 15) is 0 Å². The summed E-state index contributed by atoms with van der Waals surface area (Å²) in [4.78, 5) is 2.37. The molecule has 98 valence electrons. The van der Waals surface area contributed by atoms with Gasteiger partial charge >= 0.3 is 107 Å². The summed E-state index contributed by atoms with van der Waals surface area (Å²) in [5.74, 6) is 0. The third-order valence-corrected chi connectivity index (χ3v) is 9.53. The van der Waals surface area contributed by atoms with E-state index in [0.717, 1.165) is 24.9 Å². The Morgan fingerprint density at radius 3 is 1.82 bits per heavy atom. The molecule has 2 bridgehead atoms. The van der Waals surface area contributed by atoms with Gasteiger partial charge in [0.2, 0.25) is 0 Å². The molecule has 3 saturated heterocycles. The zero-order chi connectivity index (χ0) is 12.5. The summed E-state index contributed by atoms with van der Waals surface area (Å²) in [5.41, 5.74) is 0. The number of rotatable bonds is 2. The van der Waals surface area contributed by atoms with Gasteiger partial charge in [-0.25, -0.2) is 0 Å². The van der Waals surface area contributed by atoms with Crippen LogP contribution >= 0.6 is 0 Å². The van der Waals surface area contributed by atoms with E-state index in [0.29, 0.717) is 0 Å². The Kier molecular flexibility index (Phi) is 4.31. The third-order valence-electron chi connectivity index (χ3n) is 3.08. The predicted octanol–water partition coefficient (Wildman–Crippen LogP) is 1.66. The van der Waals surface area contributed by atoms with Crippen LogP contribution in [-0.2, 0) is 11.3 Å². The first-order valence-electron chi connectivity index (χ1n) is 6.40. The van der Waals surface area contributed by atoms with Gasteiger partial charge in [-0.2, -0.15) is 0 Å². The monoisotopic (exact) mass is 303 g/mol. The Morgan fingerprint density at radius 1 is 1.06 bits per heavy atom. The van der Waals surface area contributed by atoms with Crippen molar-refractivity contribution in [2.45, 2.75) is 44.3 Å². The fraction of sp³-hybridized carbons (Fsp3) is 0.833. The summed E-state index contributed by atoms with van der Waals surface area (Å²) >= 11 is -3.13. The molecule has 3 heterocycles. The van der Waals surface area contributed by atoms with Gasteiger partial charge in [0.15, 0.2) is 0 Å². The third kappa shape index (κ3) is 3.32. The molecule has 0 aromatic rings. The quantitative estimate of drug-likeness (QED) is 0.573. The Morgan fingerprint density at radius 2 is 1.47 bits per heavy atom.